The summed E-state index contributed by atoms with van der Waals surface area (Å²) < 4.78 is 5.30. The van der Waals surface area contributed by atoms with Gasteiger partial charge in [-0.3, -0.25) is 0 Å². The zero-order valence-corrected chi connectivity index (χ0v) is 9.44. The number of aliphatic hydroxyl groups excluding tert-OH is 1. The highest BCUT2D eigenvalue weighted by molar-refractivity contribution is 6.33. The summed E-state index contributed by atoms with van der Waals surface area (Å²) in [6.07, 6.45) is 2.89. The van der Waals surface area contributed by atoms with Gasteiger partial charge in [-0.25, -0.2) is 4.98 Å². The lowest BCUT2D eigenvalue weighted by molar-refractivity contribution is 0.283. The van der Waals surface area contributed by atoms with Crippen LogP contribution in [0.3, 0.4) is 0 Å². The van der Waals surface area contributed by atoms with Crippen LogP contribution in [0.5, 0.6) is 0 Å². The molecule has 0 saturated carbocycles. The fourth-order valence-corrected chi connectivity index (χ4v) is 1.68. The predicted molar refractivity (Wildman–Crippen MR) is 62.4 cm³/mol. The number of benzene rings is 1. The summed E-state index contributed by atoms with van der Waals surface area (Å²) in [4.78, 5) is 4.32. The maximum absolute atomic E-state index is 8.70. The van der Waals surface area contributed by atoms with Gasteiger partial charge in [0.2, 0.25) is 0 Å². The van der Waals surface area contributed by atoms with Crippen molar-refractivity contribution in [2.45, 2.75) is 12.8 Å². The molecule has 1 aromatic heterocycles. The van der Waals surface area contributed by atoms with Crippen molar-refractivity contribution >= 4 is 11.6 Å². The summed E-state index contributed by atoms with van der Waals surface area (Å²) >= 11 is 6.05. The van der Waals surface area contributed by atoms with E-state index in [1.165, 1.54) is 0 Å². The van der Waals surface area contributed by atoms with Gasteiger partial charge in [0.05, 0.1) is 5.02 Å². The number of rotatable bonds is 4. The van der Waals surface area contributed by atoms with Crippen LogP contribution in [0, 0.1) is 0 Å². The Labute approximate surface area is 98.7 Å². The molecule has 1 aromatic carbocycles. The van der Waals surface area contributed by atoms with E-state index in [1.807, 2.05) is 24.3 Å². The first kappa shape index (κ1) is 11.2. The Morgan fingerprint density at radius 1 is 1.31 bits per heavy atom. The van der Waals surface area contributed by atoms with E-state index >= 15 is 0 Å². The SMILES string of the molecule is OCCCc1nc(-c2ccccc2Cl)co1. The maximum atomic E-state index is 8.70. The van der Waals surface area contributed by atoms with Crippen molar-refractivity contribution < 1.29 is 9.52 Å². The first-order chi connectivity index (χ1) is 7.81. The van der Waals surface area contributed by atoms with E-state index in [1.54, 1.807) is 6.26 Å². The molecule has 16 heavy (non-hydrogen) atoms. The summed E-state index contributed by atoms with van der Waals surface area (Å²) in [5, 5.41) is 9.36. The molecular weight excluding hydrogens is 226 g/mol. The van der Waals surface area contributed by atoms with Crippen molar-refractivity contribution in [1.29, 1.82) is 0 Å². The van der Waals surface area contributed by atoms with Crippen LogP contribution < -0.4 is 0 Å². The Bertz CT molecular complexity index is 468. The third-order valence-electron chi connectivity index (χ3n) is 2.25. The van der Waals surface area contributed by atoms with Gasteiger partial charge in [0, 0.05) is 18.6 Å². The molecule has 1 heterocycles. The maximum Gasteiger partial charge on any atom is 0.194 e. The summed E-state index contributed by atoms with van der Waals surface area (Å²) in [5.41, 5.74) is 1.60. The average Bonchev–Trinajstić information content (AvgIpc) is 2.75. The molecular formula is C12H12ClNO2. The molecule has 2 aromatic rings. The molecule has 0 spiro atoms. The fraction of sp³-hybridized carbons (Fsp3) is 0.250. The van der Waals surface area contributed by atoms with Gasteiger partial charge >= 0.3 is 0 Å². The predicted octanol–water partition coefficient (Wildman–Crippen LogP) is 2.92. The molecule has 3 nitrogen and oxygen atoms in total. The normalized spacial score (nSPS) is 10.6. The quantitative estimate of drug-likeness (QED) is 0.889. The second-order valence-electron chi connectivity index (χ2n) is 3.43. The minimum Gasteiger partial charge on any atom is -0.448 e. The zero-order valence-electron chi connectivity index (χ0n) is 8.69. The Morgan fingerprint density at radius 2 is 2.12 bits per heavy atom. The smallest absolute Gasteiger partial charge is 0.194 e. The second-order valence-corrected chi connectivity index (χ2v) is 3.84. The lowest BCUT2D eigenvalue weighted by Gasteiger charge is -1.97. The largest absolute Gasteiger partial charge is 0.448 e. The van der Waals surface area contributed by atoms with Crippen LogP contribution in [0.2, 0.25) is 5.02 Å². The Balaban J connectivity index is 2.22. The highest BCUT2D eigenvalue weighted by Gasteiger charge is 2.08. The molecule has 0 aliphatic carbocycles. The van der Waals surface area contributed by atoms with Gasteiger partial charge in [0.1, 0.15) is 12.0 Å². The number of aromatic nitrogens is 1. The number of halogens is 1. The Morgan fingerprint density at radius 3 is 2.88 bits per heavy atom. The number of aryl methyl sites for hydroxylation is 1. The van der Waals surface area contributed by atoms with Gasteiger partial charge in [-0.05, 0) is 12.5 Å². The molecule has 0 aliphatic heterocycles. The first-order valence-corrected chi connectivity index (χ1v) is 5.49. The molecule has 0 radical (unpaired) electrons. The van der Waals surface area contributed by atoms with E-state index in [9.17, 15) is 0 Å². The van der Waals surface area contributed by atoms with Crippen LogP contribution in [0.1, 0.15) is 12.3 Å². The van der Waals surface area contributed by atoms with E-state index in [-0.39, 0.29) is 6.61 Å². The van der Waals surface area contributed by atoms with E-state index in [4.69, 9.17) is 21.1 Å². The highest BCUT2D eigenvalue weighted by atomic mass is 35.5. The van der Waals surface area contributed by atoms with E-state index in [2.05, 4.69) is 4.98 Å². The molecule has 0 bridgehead atoms. The first-order valence-electron chi connectivity index (χ1n) is 5.11. The van der Waals surface area contributed by atoms with Crippen LogP contribution in [0.25, 0.3) is 11.3 Å². The summed E-state index contributed by atoms with van der Waals surface area (Å²) in [5.74, 6) is 0.629. The van der Waals surface area contributed by atoms with Crippen molar-refractivity contribution in [2.24, 2.45) is 0 Å². The summed E-state index contributed by atoms with van der Waals surface area (Å²) in [7, 11) is 0. The van der Waals surface area contributed by atoms with Crippen LogP contribution in [0.4, 0.5) is 0 Å². The van der Waals surface area contributed by atoms with E-state index in [0.717, 1.165) is 11.3 Å². The summed E-state index contributed by atoms with van der Waals surface area (Å²) in [6, 6.07) is 7.50. The average molecular weight is 238 g/mol. The molecule has 0 atom stereocenters. The van der Waals surface area contributed by atoms with Gasteiger partial charge in [0.25, 0.3) is 0 Å². The minimum atomic E-state index is 0.143. The number of hydrogen-bond acceptors (Lipinski definition) is 3. The van der Waals surface area contributed by atoms with Gasteiger partial charge in [-0.2, -0.15) is 0 Å². The minimum absolute atomic E-state index is 0.143. The number of nitrogens with zero attached hydrogens (tertiary/aromatic N) is 1. The van der Waals surface area contributed by atoms with E-state index in [0.29, 0.717) is 23.8 Å². The van der Waals surface area contributed by atoms with Gasteiger partial charge < -0.3 is 9.52 Å². The van der Waals surface area contributed by atoms with Crippen molar-refractivity contribution in [3.63, 3.8) is 0 Å². The number of hydrogen-bond donors (Lipinski definition) is 1. The summed E-state index contributed by atoms with van der Waals surface area (Å²) in [6.45, 7) is 0.143. The van der Waals surface area contributed by atoms with Crippen LogP contribution in [-0.2, 0) is 6.42 Å². The molecule has 0 fully saturated rings. The standard InChI is InChI=1S/C12H12ClNO2/c13-10-5-2-1-4-9(10)11-8-16-12(14-11)6-3-7-15/h1-2,4-5,8,15H,3,6-7H2. The van der Waals surface area contributed by atoms with Crippen LogP contribution >= 0.6 is 11.6 Å². The van der Waals surface area contributed by atoms with Gasteiger partial charge in [-0.1, -0.05) is 29.8 Å². The molecule has 2 rings (SSSR count). The van der Waals surface area contributed by atoms with Crippen molar-refractivity contribution in [3.8, 4) is 11.3 Å². The third-order valence-corrected chi connectivity index (χ3v) is 2.58. The van der Waals surface area contributed by atoms with Crippen LogP contribution in [-0.4, -0.2) is 16.7 Å². The number of oxazole rings is 1. The Hall–Kier alpha value is -1.32. The lowest BCUT2D eigenvalue weighted by Crippen LogP contribution is -1.89. The highest BCUT2D eigenvalue weighted by Crippen LogP contribution is 2.26. The molecule has 0 aliphatic rings. The lowest BCUT2D eigenvalue weighted by atomic mass is 10.2. The molecule has 0 unspecified atom stereocenters. The molecule has 0 amide bonds. The molecule has 84 valence electrons. The molecule has 4 heteroatoms. The number of aliphatic hydroxyl groups is 1. The topological polar surface area (TPSA) is 46.3 Å². The Kier molecular flexibility index (Phi) is 3.59. The third kappa shape index (κ3) is 2.43. The monoisotopic (exact) mass is 237 g/mol. The van der Waals surface area contributed by atoms with Gasteiger partial charge in [-0.15, -0.1) is 0 Å². The van der Waals surface area contributed by atoms with E-state index < -0.39 is 0 Å². The fourth-order valence-electron chi connectivity index (χ4n) is 1.45. The van der Waals surface area contributed by atoms with Crippen LogP contribution in [0.15, 0.2) is 34.9 Å². The molecule has 1 N–H and O–H groups in total. The molecule has 0 saturated heterocycles. The van der Waals surface area contributed by atoms with Crippen molar-refractivity contribution in [2.75, 3.05) is 6.61 Å². The van der Waals surface area contributed by atoms with Crippen molar-refractivity contribution in [1.82, 2.24) is 4.98 Å². The van der Waals surface area contributed by atoms with Crippen molar-refractivity contribution in [3.05, 3.63) is 41.4 Å². The second kappa shape index (κ2) is 5.14. The zero-order chi connectivity index (χ0) is 11.4. The van der Waals surface area contributed by atoms with Gasteiger partial charge in [0.15, 0.2) is 5.89 Å².